The van der Waals surface area contributed by atoms with E-state index in [9.17, 15) is 0 Å². The molecule has 1 aromatic rings. The molecular formula is C4H5BS. The second-order valence-corrected chi connectivity index (χ2v) is 2.38. The Bertz CT molecular complexity index is 111. The first-order valence-electron chi connectivity index (χ1n) is 1.90. The Morgan fingerprint density at radius 1 is 1.67 bits per heavy atom. The second kappa shape index (κ2) is 1.48. The lowest BCUT2D eigenvalue weighted by Gasteiger charge is -1.65. The van der Waals surface area contributed by atoms with Gasteiger partial charge in [0.25, 0.3) is 0 Å². The number of hydrogen-bond acceptors (Lipinski definition) is 1. The van der Waals surface area contributed by atoms with Gasteiger partial charge in [0.15, 0.2) is 7.85 Å². The molecular weight excluding hydrogens is 90.9 g/mol. The molecule has 0 amide bonds. The number of hydrogen-bond donors (Lipinski definition) is 0. The van der Waals surface area contributed by atoms with Crippen molar-refractivity contribution in [3.8, 4) is 0 Å². The van der Waals surface area contributed by atoms with Crippen LogP contribution in [0.2, 0.25) is 0 Å². The fourth-order valence-electron chi connectivity index (χ4n) is 0.361. The standard InChI is InChI=1S/C4H5BS/c5-4-2-1-3-6-4/h1-3H,5H2. The van der Waals surface area contributed by atoms with Crippen LogP contribution in [0, 0.1) is 0 Å². The lowest BCUT2D eigenvalue weighted by atomic mass is 10.1. The zero-order valence-corrected chi connectivity index (χ0v) is 4.46. The van der Waals surface area contributed by atoms with Crippen molar-refractivity contribution in [2.24, 2.45) is 0 Å². The van der Waals surface area contributed by atoms with E-state index in [1.807, 2.05) is 0 Å². The molecule has 0 nitrogen and oxygen atoms in total. The summed E-state index contributed by atoms with van der Waals surface area (Å²) in [4.78, 5) is 0. The van der Waals surface area contributed by atoms with E-state index in [4.69, 9.17) is 0 Å². The molecule has 0 unspecified atom stereocenters. The van der Waals surface area contributed by atoms with Gasteiger partial charge in [-0.1, -0.05) is 12.1 Å². The summed E-state index contributed by atoms with van der Waals surface area (Å²) >= 11 is 1.78. The summed E-state index contributed by atoms with van der Waals surface area (Å²) in [6.07, 6.45) is 0. The second-order valence-electron chi connectivity index (χ2n) is 1.22. The summed E-state index contributed by atoms with van der Waals surface area (Å²) in [6, 6.07) is 4.16. The average Bonchev–Trinajstić information content (AvgIpc) is 1.86. The van der Waals surface area contributed by atoms with Crippen molar-refractivity contribution in [1.29, 1.82) is 0 Å². The van der Waals surface area contributed by atoms with Crippen molar-refractivity contribution < 1.29 is 0 Å². The fraction of sp³-hybridized carbons (Fsp3) is 0. The van der Waals surface area contributed by atoms with E-state index in [1.54, 1.807) is 11.3 Å². The Balaban J connectivity index is 3.05. The van der Waals surface area contributed by atoms with Gasteiger partial charge in [0.2, 0.25) is 0 Å². The van der Waals surface area contributed by atoms with E-state index in [1.165, 1.54) is 4.78 Å². The van der Waals surface area contributed by atoms with Gasteiger partial charge in [-0.3, -0.25) is 0 Å². The third kappa shape index (κ3) is 0.629. The molecule has 0 saturated carbocycles. The molecule has 0 aromatic carbocycles. The normalized spacial score (nSPS) is 8.67. The summed E-state index contributed by atoms with van der Waals surface area (Å²) in [5, 5.41) is 2.08. The molecule has 1 rings (SSSR count). The first-order valence-corrected chi connectivity index (χ1v) is 2.77. The van der Waals surface area contributed by atoms with Crippen LogP contribution in [0.25, 0.3) is 0 Å². The highest BCUT2D eigenvalue weighted by Crippen LogP contribution is 1.87. The third-order valence-electron chi connectivity index (χ3n) is 0.663. The van der Waals surface area contributed by atoms with Crippen molar-refractivity contribution in [2.45, 2.75) is 0 Å². The van der Waals surface area contributed by atoms with Crippen LogP contribution in [-0.4, -0.2) is 7.85 Å². The Morgan fingerprint density at radius 2 is 2.50 bits per heavy atom. The van der Waals surface area contributed by atoms with Gasteiger partial charge < -0.3 is 0 Å². The topological polar surface area (TPSA) is 0 Å². The molecule has 0 atom stereocenters. The van der Waals surface area contributed by atoms with E-state index in [-0.39, 0.29) is 0 Å². The van der Waals surface area contributed by atoms with E-state index < -0.39 is 0 Å². The quantitative estimate of drug-likeness (QED) is 0.399. The molecule has 0 aliphatic carbocycles. The molecule has 0 radical (unpaired) electrons. The largest absolute Gasteiger partial charge is 0.160 e. The molecule has 2 heteroatoms. The van der Waals surface area contributed by atoms with Gasteiger partial charge in [-0.2, -0.15) is 11.3 Å². The summed E-state index contributed by atoms with van der Waals surface area (Å²) in [5.41, 5.74) is 0. The lowest BCUT2D eigenvalue weighted by Crippen LogP contribution is -1.88. The Hall–Kier alpha value is -0.235. The summed E-state index contributed by atoms with van der Waals surface area (Å²) in [7, 11) is 2.10. The molecule has 6 heavy (non-hydrogen) atoms. The highest BCUT2D eigenvalue weighted by atomic mass is 32.1. The highest BCUT2D eigenvalue weighted by molar-refractivity contribution is 7.18. The third-order valence-corrected chi connectivity index (χ3v) is 1.46. The van der Waals surface area contributed by atoms with Gasteiger partial charge in [0.05, 0.1) is 0 Å². The van der Waals surface area contributed by atoms with Crippen molar-refractivity contribution in [3.05, 3.63) is 17.5 Å². The maximum Gasteiger partial charge on any atom is 0.152 e. The van der Waals surface area contributed by atoms with Gasteiger partial charge >= 0.3 is 0 Å². The van der Waals surface area contributed by atoms with Crippen LogP contribution in [0.15, 0.2) is 17.5 Å². The molecule has 0 fully saturated rings. The van der Waals surface area contributed by atoms with Crippen LogP contribution in [-0.2, 0) is 0 Å². The monoisotopic (exact) mass is 96.0 g/mol. The van der Waals surface area contributed by atoms with Crippen molar-refractivity contribution in [2.75, 3.05) is 0 Å². The van der Waals surface area contributed by atoms with Crippen LogP contribution in [0.5, 0.6) is 0 Å². The SMILES string of the molecule is Bc1cccs1. The Morgan fingerprint density at radius 3 is 2.67 bits per heavy atom. The van der Waals surface area contributed by atoms with Crippen LogP contribution < -0.4 is 4.78 Å². The minimum absolute atomic E-state index is 1.38. The van der Waals surface area contributed by atoms with E-state index in [2.05, 4.69) is 25.4 Å². The smallest absolute Gasteiger partial charge is 0.152 e. The van der Waals surface area contributed by atoms with Crippen LogP contribution in [0.4, 0.5) is 0 Å². The molecule has 0 spiro atoms. The van der Waals surface area contributed by atoms with Gasteiger partial charge in [0, 0.05) is 0 Å². The predicted molar refractivity (Wildman–Crippen MR) is 32.5 cm³/mol. The average molecular weight is 96.0 g/mol. The molecule has 30 valence electrons. The van der Waals surface area contributed by atoms with Crippen molar-refractivity contribution >= 4 is 24.0 Å². The molecule has 0 bridgehead atoms. The van der Waals surface area contributed by atoms with Crippen molar-refractivity contribution in [1.82, 2.24) is 0 Å². The predicted octanol–water partition coefficient (Wildman–Crippen LogP) is 0.00650. The van der Waals surface area contributed by atoms with Crippen molar-refractivity contribution in [3.63, 3.8) is 0 Å². The molecule has 0 saturated heterocycles. The highest BCUT2D eigenvalue weighted by Gasteiger charge is 1.75. The molecule has 0 N–H and O–H groups in total. The Labute approximate surface area is 42.2 Å². The summed E-state index contributed by atoms with van der Waals surface area (Å²) in [6.45, 7) is 0. The minimum Gasteiger partial charge on any atom is -0.160 e. The van der Waals surface area contributed by atoms with E-state index in [0.29, 0.717) is 0 Å². The molecule has 1 aromatic heterocycles. The van der Waals surface area contributed by atoms with Gasteiger partial charge in [-0.25, -0.2) is 0 Å². The maximum atomic E-state index is 2.10. The first-order chi connectivity index (χ1) is 2.89. The van der Waals surface area contributed by atoms with Gasteiger partial charge in [-0.05, 0) is 10.2 Å². The molecule has 1 heterocycles. The fourth-order valence-corrected chi connectivity index (χ4v) is 0.890. The summed E-state index contributed by atoms with van der Waals surface area (Å²) in [5.74, 6) is 0. The van der Waals surface area contributed by atoms with Crippen LogP contribution in [0.1, 0.15) is 0 Å². The zero-order chi connectivity index (χ0) is 4.41. The molecule has 0 aliphatic rings. The number of thiophene rings is 1. The minimum atomic E-state index is 1.38. The molecule has 0 aliphatic heterocycles. The lowest BCUT2D eigenvalue weighted by molar-refractivity contribution is 2.07. The maximum absolute atomic E-state index is 2.10. The van der Waals surface area contributed by atoms with Gasteiger partial charge in [0.1, 0.15) is 0 Å². The first kappa shape index (κ1) is 3.94. The van der Waals surface area contributed by atoms with Crippen LogP contribution in [0.3, 0.4) is 0 Å². The summed E-state index contributed by atoms with van der Waals surface area (Å²) < 4.78 is 1.38. The van der Waals surface area contributed by atoms with E-state index in [0.717, 1.165) is 0 Å². The zero-order valence-electron chi connectivity index (χ0n) is 3.64. The number of rotatable bonds is 0. The van der Waals surface area contributed by atoms with Gasteiger partial charge in [-0.15, -0.1) is 0 Å². The Kier molecular flexibility index (Phi) is 0.969. The van der Waals surface area contributed by atoms with E-state index >= 15 is 0 Å². The van der Waals surface area contributed by atoms with Crippen LogP contribution >= 0.6 is 11.3 Å².